The van der Waals surface area contributed by atoms with Gasteiger partial charge in [-0.1, -0.05) is 102 Å². The average Bonchev–Trinajstić information content (AvgIpc) is 3.38. The second-order valence-corrected chi connectivity index (χ2v) is 13.0. The molecule has 1 aliphatic carbocycles. The first-order valence-corrected chi connectivity index (χ1v) is 16.3. The van der Waals surface area contributed by atoms with Gasteiger partial charge in [0.25, 0.3) is 0 Å². The van der Waals surface area contributed by atoms with Crippen molar-refractivity contribution >= 4 is 38.5 Å². The summed E-state index contributed by atoms with van der Waals surface area (Å²) in [5.74, 6) is 0.940. The largest absolute Gasteiger partial charge is 0.512 e. The molecule has 0 fully saturated rings. The first-order valence-electron chi connectivity index (χ1n) is 16.3. The van der Waals surface area contributed by atoms with Crippen molar-refractivity contribution in [2.45, 2.75) is 92.4 Å². The Morgan fingerprint density at radius 2 is 1.60 bits per heavy atom. The number of allylic oxidation sites excluding steroid dienone is 2. The molecule has 0 spiro atoms. The molecule has 6 rings (SSSR count). The van der Waals surface area contributed by atoms with E-state index in [0.29, 0.717) is 5.92 Å². The minimum absolute atomic E-state index is 0. The van der Waals surface area contributed by atoms with Crippen LogP contribution >= 0.6 is 0 Å². The summed E-state index contributed by atoms with van der Waals surface area (Å²) in [7, 11) is 0. The van der Waals surface area contributed by atoms with Gasteiger partial charge in [0.15, 0.2) is 5.78 Å². The minimum Gasteiger partial charge on any atom is -0.512 e. The molecule has 2 heterocycles. The fourth-order valence-corrected chi connectivity index (χ4v) is 6.77. The van der Waals surface area contributed by atoms with Crippen molar-refractivity contribution in [2.75, 3.05) is 0 Å². The predicted octanol–water partition coefficient (Wildman–Crippen LogP) is 11.2. The van der Waals surface area contributed by atoms with Gasteiger partial charge in [0.2, 0.25) is 0 Å². The molecule has 0 atom stereocenters. The van der Waals surface area contributed by atoms with E-state index in [1.807, 2.05) is 40.0 Å². The van der Waals surface area contributed by atoms with Crippen molar-refractivity contribution in [1.82, 2.24) is 4.98 Å². The number of ketones is 1. The maximum atomic E-state index is 11.7. The van der Waals surface area contributed by atoms with Gasteiger partial charge in [0, 0.05) is 60.7 Å². The average molecular weight is 781 g/mol. The third kappa shape index (κ3) is 6.27. The van der Waals surface area contributed by atoms with E-state index in [1.165, 1.54) is 33.5 Å². The Morgan fingerprint density at radius 1 is 0.933 bits per heavy atom. The third-order valence-electron chi connectivity index (χ3n) is 9.64. The van der Waals surface area contributed by atoms with Gasteiger partial charge >= 0.3 is 0 Å². The smallest absolute Gasteiger partial charge is 0.162 e. The van der Waals surface area contributed by atoms with Gasteiger partial charge in [0.1, 0.15) is 11.2 Å². The van der Waals surface area contributed by atoms with Crippen LogP contribution in [-0.2, 0) is 30.3 Å². The molecule has 0 bridgehead atoms. The summed E-state index contributed by atoms with van der Waals surface area (Å²) in [6.07, 6.45) is 6.77. The third-order valence-corrected chi connectivity index (χ3v) is 9.64. The van der Waals surface area contributed by atoms with E-state index in [4.69, 9.17) is 9.40 Å². The molecule has 0 unspecified atom stereocenters. The molecule has 239 valence electrons. The molecule has 1 radical (unpaired) electrons. The maximum absolute atomic E-state index is 11.7. The van der Waals surface area contributed by atoms with Gasteiger partial charge in [-0.05, 0) is 54.2 Å². The SMILES string of the molecule is CC(C)c1ccc2c3c1oc1ccnc(c13)-c1[c-]c3ccccc3cc1C2(C)C.CCC(CC)C(=O)/C=C(\O)C(CC)CC.[Ir]. The standard InChI is InChI=1S/C27H22NO.C13H24O2.Ir/c1-15(2)18-9-10-20-23-24-22(29-26(18)23)11-12-28-25(24)19-13-16-7-5-6-8-17(16)14-21(19)27(20,3)4;1-5-10(6-2)12(14)9-13(15)11(7-3)8-4;/h5-12,14-15H,1-4H3;9-11,14H,5-8H2,1-4H3;/q-1;;/b;12-9-;. The van der Waals surface area contributed by atoms with Crippen molar-refractivity contribution in [3.63, 3.8) is 0 Å². The molecule has 4 nitrogen and oxygen atoms in total. The van der Waals surface area contributed by atoms with Gasteiger partial charge in [-0.15, -0.1) is 23.6 Å². The Morgan fingerprint density at radius 3 is 2.24 bits per heavy atom. The Labute approximate surface area is 281 Å². The van der Waals surface area contributed by atoms with Gasteiger partial charge < -0.3 is 9.52 Å². The van der Waals surface area contributed by atoms with Crippen LogP contribution in [0.3, 0.4) is 0 Å². The van der Waals surface area contributed by atoms with Crippen LogP contribution in [0.2, 0.25) is 0 Å². The number of aliphatic hydroxyl groups excluding tert-OH is 1. The number of rotatable bonds is 8. The van der Waals surface area contributed by atoms with Crippen LogP contribution in [0.25, 0.3) is 44.0 Å². The minimum atomic E-state index is -0.193. The van der Waals surface area contributed by atoms with E-state index in [-0.39, 0.29) is 48.9 Å². The number of furan rings is 1. The Balaban J connectivity index is 0.000000249. The summed E-state index contributed by atoms with van der Waals surface area (Å²) in [4.78, 5) is 16.6. The number of aliphatic hydroxyl groups is 1. The zero-order chi connectivity index (χ0) is 31.8. The number of fused-ring (bicyclic) bond motifs is 3. The van der Waals surface area contributed by atoms with Crippen LogP contribution in [-0.4, -0.2) is 15.9 Å². The van der Waals surface area contributed by atoms with E-state index < -0.39 is 0 Å². The molecule has 3 aromatic carbocycles. The molecule has 0 saturated heterocycles. The summed E-state index contributed by atoms with van der Waals surface area (Å²) < 4.78 is 6.44. The van der Waals surface area contributed by atoms with Gasteiger partial charge in [-0.3, -0.25) is 9.78 Å². The molecule has 2 aromatic heterocycles. The summed E-state index contributed by atoms with van der Waals surface area (Å²) in [5, 5.41) is 14.4. The van der Waals surface area contributed by atoms with Crippen LogP contribution in [0, 0.1) is 17.9 Å². The first-order chi connectivity index (χ1) is 21.1. The zero-order valence-electron chi connectivity index (χ0n) is 27.9. The van der Waals surface area contributed by atoms with E-state index in [1.54, 1.807) is 0 Å². The molecular weight excluding hydrogens is 735 g/mol. The fourth-order valence-electron chi connectivity index (χ4n) is 6.77. The van der Waals surface area contributed by atoms with Crippen molar-refractivity contribution in [1.29, 1.82) is 0 Å². The molecule has 5 aromatic rings. The van der Waals surface area contributed by atoms with Crippen molar-refractivity contribution < 1.29 is 34.4 Å². The summed E-state index contributed by atoms with van der Waals surface area (Å²) >= 11 is 0. The van der Waals surface area contributed by atoms with E-state index >= 15 is 0 Å². The number of pyridine rings is 1. The summed E-state index contributed by atoms with van der Waals surface area (Å²) in [6.45, 7) is 17.1. The van der Waals surface area contributed by atoms with Crippen LogP contribution < -0.4 is 0 Å². The molecule has 0 saturated carbocycles. The number of carbonyl (C=O) groups excluding carboxylic acids is 1. The van der Waals surface area contributed by atoms with E-state index in [0.717, 1.165) is 58.9 Å². The van der Waals surface area contributed by atoms with Crippen LogP contribution in [0.5, 0.6) is 0 Å². The number of nitrogens with zero attached hydrogens (tertiary/aromatic N) is 1. The molecule has 1 aliphatic rings. The maximum Gasteiger partial charge on any atom is 0.162 e. The van der Waals surface area contributed by atoms with Crippen LogP contribution in [0.1, 0.15) is 104 Å². The number of benzene rings is 3. The van der Waals surface area contributed by atoms with Crippen LogP contribution in [0.15, 0.2) is 71.0 Å². The Hall–Kier alpha value is -3.27. The normalized spacial score (nSPS) is 13.7. The molecule has 0 aliphatic heterocycles. The molecular formula is C40H46IrNO3-. The quantitative estimate of drug-likeness (QED) is 0.0968. The fraction of sp³-hybridized carbons (Fsp3) is 0.400. The zero-order valence-corrected chi connectivity index (χ0v) is 30.3. The van der Waals surface area contributed by atoms with Crippen molar-refractivity contribution in [3.8, 4) is 11.3 Å². The summed E-state index contributed by atoms with van der Waals surface area (Å²) in [5.41, 5.74) is 7.61. The summed E-state index contributed by atoms with van der Waals surface area (Å²) in [6, 6.07) is 21.0. The Kier molecular flexibility index (Phi) is 10.8. The second-order valence-electron chi connectivity index (χ2n) is 13.0. The second kappa shape index (κ2) is 14.0. The van der Waals surface area contributed by atoms with E-state index in [9.17, 15) is 9.90 Å². The van der Waals surface area contributed by atoms with Gasteiger partial charge in [-0.25, -0.2) is 0 Å². The molecule has 0 amide bonds. The number of aromatic nitrogens is 1. The van der Waals surface area contributed by atoms with E-state index in [2.05, 4.69) is 76.2 Å². The Bertz CT molecular complexity index is 1850. The first kappa shape index (κ1) is 34.6. The van der Waals surface area contributed by atoms with Gasteiger partial charge in [0.05, 0.1) is 5.76 Å². The van der Waals surface area contributed by atoms with Crippen molar-refractivity contribution in [2.24, 2.45) is 11.8 Å². The number of hydrogen-bond acceptors (Lipinski definition) is 4. The molecule has 45 heavy (non-hydrogen) atoms. The van der Waals surface area contributed by atoms with Gasteiger partial charge in [-0.2, -0.15) is 0 Å². The monoisotopic (exact) mass is 781 g/mol. The molecule has 5 heteroatoms. The number of carbonyl (C=O) groups is 1. The molecule has 1 N–H and O–H groups in total. The predicted molar refractivity (Wildman–Crippen MR) is 183 cm³/mol. The number of hydrogen-bond donors (Lipinski definition) is 1. The topological polar surface area (TPSA) is 63.3 Å². The van der Waals surface area contributed by atoms with Crippen LogP contribution in [0.4, 0.5) is 0 Å². The van der Waals surface area contributed by atoms with Crippen molar-refractivity contribution in [3.05, 3.63) is 89.3 Å².